The van der Waals surface area contributed by atoms with E-state index in [-0.39, 0.29) is 0 Å². The molecule has 0 heterocycles. The molecule has 2 fully saturated rings. The highest BCUT2D eigenvalue weighted by molar-refractivity contribution is 5.29. The molecule has 0 N–H and O–H groups in total. The molecule has 0 bridgehead atoms. The van der Waals surface area contributed by atoms with Crippen LogP contribution in [-0.2, 0) is 0 Å². The Labute approximate surface area is 187 Å². The average molecular weight is 413 g/mol. The Balaban J connectivity index is 1.29. The van der Waals surface area contributed by atoms with Gasteiger partial charge in [0.1, 0.15) is 5.75 Å². The summed E-state index contributed by atoms with van der Waals surface area (Å²) < 4.78 is 6.06. The van der Waals surface area contributed by atoms with E-state index in [0.717, 1.165) is 36.0 Å². The third-order valence-corrected chi connectivity index (χ3v) is 8.23. The molecule has 1 aromatic carbocycles. The number of hydrogen-bond donors (Lipinski definition) is 0. The first kappa shape index (κ1) is 23.7. The maximum atomic E-state index is 6.06. The summed E-state index contributed by atoms with van der Waals surface area (Å²) in [6.07, 6.45) is 22.6. The topological polar surface area (TPSA) is 9.23 Å². The number of ether oxygens (including phenoxy) is 1. The van der Waals surface area contributed by atoms with E-state index < -0.39 is 0 Å². The number of hydrogen-bond acceptors (Lipinski definition) is 1. The van der Waals surface area contributed by atoms with Gasteiger partial charge in [0.25, 0.3) is 0 Å². The van der Waals surface area contributed by atoms with Gasteiger partial charge < -0.3 is 4.74 Å². The Morgan fingerprint density at radius 3 is 1.90 bits per heavy atom. The summed E-state index contributed by atoms with van der Waals surface area (Å²) in [6.45, 7) is 5.54. The molecule has 0 spiro atoms. The van der Waals surface area contributed by atoms with E-state index >= 15 is 0 Å². The highest BCUT2D eigenvalue weighted by Crippen LogP contribution is 2.38. The van der Waals surface area contributed by atoms with Crippen molar-refractivity contribution in [2.24, 2.45) is 17.8 Å². The zero-order valence-electron chi connectivity index (χ0n) is 20.0. The molecular weight excluding hydrogens is 364 g/mol. The summed E-state index contributed by atoms with van der Waals surface area (Å²) in [6, 6.07) is 9.12. The minimum Gasteiger partial charge on any atom is -0.494 e. The van der Waals surface area contributed by atoms with Gasteiger partial charge in [-0.15, -0.1) is 0 Å². The van der Waals surface area contributed by atoms with Crippen LogP contribution in [0.1, 0.15) is 128 Å². The van der Waals surface area contributed by atoms with Crippen molar-refractivity contribution in [1.82, 2.24) is 0 Å². The van der Waals surface area contributed by atoms with Crippen LogP contribution in [0, 0.1) is 17.8 Å². The van der Waals surface area contributed by atoms with E-state index in [4.69, 9.17) is 4.74 Å². The second-order valence-electron chi connectivity index (χ2n) is 10.4. The standard InChI is InChI=1S/C29H48O/c1-3-5-6-7-9-25-15-17-27(18-16-25)28-19-21-29(22-20-28)30-23-8-10-26-13-11-24(4-2)12-14-26/h19-22,24-27H,3-18,23H2,1-2H3/t24-,25-,26-,27-. The Morgan fingerprint density at radius 2 is 1.27 bits per heavy atom. The van der Waals surface area contributed by atoms with Crippen molar-refractivity contribution in [2.75, 3.05) is 6.61 Å². The summed E-state index contributed by atoms with van der Waals surface area (Å²) in [5, 5.41) is 0. The summed E-state index contributed by atoms with van der Waals surface area (Å²) in [4.78, 5) is 0. The van der Waals surface area contributed by atoms with Crippen LogP contribution in [0.4, 0.5) is 0 Å². The third kappa shape index (κ3) is 7.93. The van der Waals surface area contributed by atoms with Gasteiger partial charge in [0.05, 0.1) is 6.61 Å². The van der Waals surface area contributed by atoms with Gasteiger partial charge in [-0.05, 0) is 79.9 Å². The van der Waals surface area contributed by atoms with Gasteiger partial charge in [-0.2, -0.15) is 0 Å². The van der Waals surface area contributed by atoms with E-state index in [0.29, 0.717) is 0 Å². The Morgan fingerprint density at radius 1 is 0.667 bits per heavy atom. The summed E-state index contributed by atoms with van der Waals surface area (Å²) in [7, 11) is 0. The van der Waals surface area contributed by atoms with Crippen LogP contribution < -0.4 is 4.74 Å². The summed E-state index contributed by atoms with van der Waals surface area (Å²) in [5.74, 6) is 4.82. The second kappa shape index (κ2) is 13.4. The summed E-state index contributed by atoms with van der Waals surface area (Å²) >= 11 is 0. The van der Waals surface area contributed by atoms with Gasteiger partial charge in [0.2, 0.25) is 0 Å². The van der Waals surface area contributed by atoms with Crippen molar-refractivity contribution < 1.29 is 4.74 Å². The third-order valence-electron chi connectivity index (χ3n) is 8.23. The molecule has 1 heteroatoms. The molecule has 1 nitrogen and oxygen atoms in total. The van der Waals surface area contributed by atoms with E-state index in [1.807, 2.05) is 0 Å². The molecule has 0 amide bonds. The SMILES string of the molecule is CCCCCC[C@H]1CC[C@H](c2ccc(OCCC[C@H]3CC[C@H](CC)CC3)cc2)CC1. The quantitative estimate of drug-likeness (QED) is 0.311. The van der Waals surface area contributed by atoms with Gasteiger partial charge in [-0.25, -0.2) is 0 Å². The lowest BCUT2D eigenvalue weighted by atomic mass is 9.77. The Kier molecular flexibility index (Phi) is 10.6. The van der Waals surface area contributed by atoms with Crippen molar-refractivity contribution in [3.05, 3.63) is 29.8 Å². The van der Waals surface area contributed by atoms with E-state index in [2.05, 4.69) is 38.1 Å². The van der Waals surface area contributed by atoms with Crippen molar-refractivity contribution in [1.29, 1.82) is 0 Å². The lowest BCUT2D eigenvalue weighted by molar-refractivity contribution is 0.234. The summed E-state index contributed by atoms with van der Waals surface area (Å²) in [5.41, 5.74) is 1.54. The zero-order valence-corrected chi connectivity index (χ0v) is 20.0. The lowest BCUT2D eigenvalue weighted by Gasteiger charge is -2.29. The first-order chi connectivity index (χ1) is 14.8. The minimum absolute atomic E-state index is 0.782. The molecule has 2 aliphatic carbocycles. The first-order valence-corrected chi connectivity index (χ1v) is 13.5. The maximum Gasteiger partial charge on any atom is 0.119 e. The van der Waals surface area contributed by atoms with Crippen molar-refractivity contribution in [3.8, 4) is 5.75 Å². The number of benzene rings is 1. The molecule has 0 unspecified atom stereocenters. The zero-order chi connectivity index (χ0) is 21.0. The molecule has 30 heavy (non-hydrogen) atoms. The highest BCUT2D eigenvalue weighted by Gasteiger charge is 2.22. The van der Waals surface area contributed by atoms with Gasteiger partial charge >= 0.3 is 0 Å². The number of unbranched alkanes of at least 4 members (excludes halogenated alkanes) is 3. The molecule has 0 radical (unpaired) electrons. The molecule has 170 valence electrons. The van der Waals surface area contributed by atoms with E-state index in [1.165, 1.54) is 103 Å². The van der Waals surface area contributed by atoms with Crippen LogP contribution in [0.2, 0.25) is 0 Å². The molecule has 0 saturated heterocycles. The van der Waals surface area contributed by atoms with Crippen LogP contribution in [0.5, 0.6) is 5.75 Å². The van der Waals surface area contributed by atoms with Crippen molar-refractivity contribution in [2.45, 2.75) is 122 Å². The predicted molar refractivity (Wildman–Crippen MR) is 130 cm³/mol. The normalized spacial score (nSPS) is 27.1. The fourth-order valence-electron chi connectivity index (χ4n) is 5.97. The lowest BCUT2D eigenvalue weighted by Crippen LogP contribution is -2.14. The Hall–Kier alpha value is -0.980. The molecule has 0 atom stereocenters. The second-order valence-corrected chi connectivity index (χ2v) is 10.4. The van der Waals surface area contributed by atoms with Crippen LogP contribution in [0.3, 0.4) is 0 Å². The van der Waals surface area contributed by atoms with E-state index in [1.54, 1.807) is 5.56 Å². The molecule has 0 aliphatic heterocycles. The highest BCUT2D eigenvalue weighted by atomic mass is 16.5. The molecule has 0 aromatic heterocycles. The van der Waals surface area contributed by atoms with Gasteiger partial charge in [-0.1, -0.05) is 90.2 Å². The van der Waals surface area contributed by atoms with Crippen molar-refractivity contribution in [3.63, 3.8) is 0 Å². The largest absolute Gasteiger partial charge is 0.494 e. The maximum absolute atomic E-state index is 6.06. The van der Waals surface area contributed by atoms with Gasteiger partial charge in [0, 0.05) is 0 Å². The molecular formula is C29H48O. The van der Waals surface area contributed by atoms with Gasteiger partial charge in [-0.3, -0.25) is 0 Å². The number of rotatable bonds is 12. The monoisotopic (exact) mass is 412 g/mol. The Bertz CT molecular complexity index is 546. The molecule has 2 saturated carbocycles. The first-order valence-electron chi connectivity index (χ1n) is 13.5. The van der Waals surface area contributed by atoms with Crippen LogP contribution in [0.15, 0.2) is 24.3 Å². The smallest absolute Gasteiger partial charge is 0.119 e. The van der Waals surface area contributed by atoms with Crippen LogP contribution >= 0.6 is 0 Å². The van der Waals surface area contributed by atoms with Gasteiger partial charge in [0.15, 0.2) is 0 Å². The average Bonchev–Trinajstić information content (AvgIpc) is 2.81. The van der Waals surface area contributed by atoms with E-state index in [9.17, 15) is 0 Å². The fraction of sp³-hybridized carbons (Fsp3) is 0.793. The molecule has 1 aromatic rings. The van der Waals surface area contributed by atoms with Crippen molar-refractivity contribution >= 4 is 0 Å². The minimum atomic E-state index is 0.782. The predicted octanol–water partition coefficient (Wildman–Crippen LogP) is 9.31. The van der Waals surface area contributed by atoms with Crippen LogP contribution in [-0.4, -0.2) is 6.61 Å². The van der Waals surface area contributed by atoms with Crippen LogP contribution in [0.25, 0.3) is 0 Å². The molecule has 3 rings (SSSR count). The fourth-order valence-corrected chi connectivity index (χ4v) is 5.97. The molecule has 2 aliphatic rings.